The Kier molecular flexibility index (Phi) is 12.1. The van der Waals surface area contributed by atoms with Crippen LogP contribution in [0.25, 0.3) is 0 Å². The summed E-state index contributed by atoms with van der Waals surface area (Å²) in [5, 5.41) is 0. The van der Waals surface area contributed by atoms with E-state index in [2.05, 4.69) is 18.4 Å². The van der Waals surface area contributed by atoms with E-state index in [1.165, 1.54) is 12.8 Å². The fraction of sp³-hybridized carbons (Fsp3) is 1.00. The van der Waals surface area contributed by atoms with Crippen molar-refractivity contribution in [3.63, 3.8) is 0 Å². The van der Waals surface area contributed by atoms with Gasteiger partial charge in [-0.05, 0) is 4.52 Å². The zero-order valence-electron chi connectivity index (χ0n) is 6.46. The van der Waals surface area contributed by atoms with Crippen molar-refractivity contribution in [1.82, 2.24) is 0 Å². The van der Waals surface area contributed by atoms with E-state index in [1.54, 1.807) is 0 Å². The molecule has 68 valence electrons. The van der Waals surface area contributed by atoms with Gasteiger partial charge in [0.1, 0.15) is 0 Å². The molecule has 0 aromatic heterocycles. The number of alkyl halides is 2. The summed E-state index contributed by atoms with van der Waals surface area (Å²) >= 11 is 0. The molecule has 0 bridgehead atoms. The third-order valence-corrected chi connectivity index (χ3v) is 1.01. The normalized spacial score (nSPS) is 10.5. The SMILES string of the molecule is CCCC.O=[P+](O)OC(F)F. The highest BCUT2D eigenvalue weighted by molar-refractivity contribution is 7.32. The van der Waals surface area contributed by atoms with E-state index in [-0.39, 0.29) is 0 Å². The Morgan fingerprint density at radius 3 is 1.82 bits per heavy atom. The minimum atomic E-state index is -3.16. The molecule has 0 aromatic carbocycles. The van der Waals surface area contributed by atoms with Crippen LogP contribution in [0, 0.1) is 0 Å². The van der Waals surface area contributed by atoms with Gasteiger partial charge in [0, 0.05) is 4.57 Å². The van der Waals surface area contributed by atoms with E-state index >= 15 is 0 Å². The molecule has 6 heteroatoms. The molecule has 0 rings (SSSR count). The van der Waals surface area contributed by atoms with Crippen LogP contribution in [0.4, 0.5) is 8.78 Å². The fourth-order valence-electron chi connectivity index (χ4n) is 0.0682. The van der Waals surface area contributed by atoms with E-state index in [4.69, 9.17) is 4.89 Å². The van der Waals surface area contributed by atoms with E-state index in [1.807, 2.05) is 0 Å². The van der Waals surface area contributed by atoms with Crippen LogP contribution in [0.2, 0.25) is 0 Å². The predicted octanol–water partition coefficient (Wildman–Crippen LogP) is 2.68. The Labute approximate surface area is 65.3 Å². The molecule has 0 spiro atoms. The van der Waals surface area contributed by atoms with E-state index in [0.717, 1.165) is 0 Å². The molecule has 0 saturated heterocycles. The summed E-state index contributed by atoms with van der Waals surface area (Å²) in [5.41, 5.74) is 0. The molecular formula is C5H12F2O3P+. The lowest BCUT2D eigenvalue weighted by atomic mass is 10.4. The van der Waals surface area contributed by atoms with Crippen molar-refractivity contribution in [2.24, 2.45) is 0 Å². The van der Waals surface area contributed by atoms with Gasteiger partial charge in [0.15, 0.2) is 0 Å². The molecular weight excluding hydrogens is 177 g/mol. The molecule has 0 aliphatic rings. The lowest BCUT2D eigenvalue weighted by Crippen LogP contribution is -1.87. The average Bonchev–Trinajstić information content (AvgIpc) is 1.85. The molecule has 1 atom stereocenters. The van der Waals surface area contributed by atoms with Gasteiger partial charge in [-0.1, -0.05) is 26.7 Å². The van der Waals surface area contributed by atoms with Crippen molar-refractivity contribution >= 4 is 8.25 Å². The Hall–Kier alpha value is -0.120. The molecule has 0 fully saturated rings. The third kappa shape index (κ3) is 25.8. The van der Waals surface area contributed by atoms with Gasteiger partial charge in [0.05, 0.1) is 0 Å². The highest BCUT2D eigenvalue weighted by Crippen LogP contribution is 2.18. The molecule has 0 amide bonds. The zero-order valence-corrected chi connectivity index (χ0v) is 7.35. The molecule has 0 aliphatic heterocycles. The molecule has 0 radical (unpaired) electrons. The summed E-state index contributed by atoms with van der Waals surface area (Å²) in [7, 11) is -3.14. The standard InChI is InChI=1S/C4H10.CHF2O3P/c1-3-4-2;2-1(3)6-7(4)5/h3-4H2,1-2H3;1H/p+1. The number of hydrogen-bond acceptors (Lipinski definition) is 2. The fourth-order valence-corrected chi connectivity index (χ4v) is 0.204. The molecule has 1 N–H and O–H groups in total. The van der Waals surface area contributed by atoms with Crippen LogP contribution in [-0.4, -0.2) is 11.5 Å². The largest absolute Gasteiger partial charge is 0.700 e. The second-order valence-corrected chi connectivity index (χ2v) is 2.29. The van der Waals surface area contributed by atoms with Gasteiger partial charge in [-0.25, -0.2) is 0 Å². The first-order valence-electron chi connectivity index (χ1n) is 3.15. The first-order chi connectivity index (χ1) is 5.04. The van der Waals surface area contributed by atoms with Crippen LogP contribution in [0.3, 0.4) is 0 Å². The van der Waals surface area contributed by atoms with Crippen LogP contribution in [-0.2, 0) is 9.09 Å². The second kappa shape index (κ2) is 9.88. The summed E-state index contributed by atoms with van der Waals surface area (Å²) in [4.78, 5) is 7.53. The van der Waals surface area contributed by atoms with Gasteiger partial charge in [-0.3, -0.25) is 0 Å². The molecule has 0 aromatic rings. The van der Waals surface area contributed by atoms with Crippen molar-refractivity contribution in [1.29, 1.82) is 0 Å². The highest BCUT2D eigenvalue weighted by atomic mass is 31.1. The zero-order chi connectivity index (χ0) is 9.28. The van der Waals surface area contributed by atoms with Gasteiger partial charge in [-0.2, -0.15) is 8.78 Å². The Balaban J connectivity index is 0. The number of unbranched alkanes of at least 4 members (excludes halogenated alkanes) is 1. The number of hydrogen-bond donors (Lipinski definition) is 1. The maximum atomic E-state index is 10.7. The molecule has 0 heterocycles. The lowest BCUT2D eigenvalue weighted by molar-refractivity contribution is -0.0507. The van der Waals surface area contributed by atoms with E-state index in [0.29, 0.717) is 0 Å². The van der Waals surface area contributed by atoms with Gasteiger partial charge >= 0.3 is 14.9 Å². The van der Waals surface area contributed by atoms with Gasteiger partial charge in [0.2, 0.25) is 0 Å². The van der Waals surface area contributed by atoms with Crippen molar-refractivity contribution in [2.45, 2.75) is 33.3 Å². The molecule has 0 aliphatic carbocycles. The Morgan fingerprint density at radius 2 is 1.82 bits per heavy atom. The average molecular weight is 189 g/mol. The maximum absolute atomic E-state index is 10.7. The van der Waals surface area contributed by atoms with Crippen molar-refractivity contribution in [3.05, 3.63) is 0 Å². The molecule has 0 saturated carbocycles. The van der Waals surface area contributed by atoms with Crippen molar-refractivity contribution < 1.29 is 22.8 Å². The maximum Gasteiger partial charge on any atom is 0.700 e. The van der Waals surface area contributed by atoms with Crippen LogP contribution < -0.4 is 0 Å². The van der Waals surface area contributed by atoms with Crippen molar-refractivity contribution in [2.75, 3.05) is 0 Å². The third-order valence-electron chi connectivity index (χ3n) is 0.670. The van der Waals surface area contributed by atoms with E-state index in [9.17, 15) is 13.3 Å². The van der Waals surface area contributed by atoms with Crippen LogP contribution in [0.15, 0.2) is 0 Å². The highest BCUT2D eigenvalue weighted by Gasteiger charge is 2.20. The first kappa shape index (κ1) is 13.5. The number of halogens is 2. The van der Waals surface area contributed by atoms with Crippen LogP contribution in [0.5, 0.6) is 0 Å². The summed E-state index contributed by atoms with van der Waals surface area (Å²) < 4.78 is 33.7. The lowest BCUT2D eigenvalue weighted by Gasteiger charge is -1.77. The minimum absolute atomic E-state index is 1.32. The summed E-state index contributed by atoms with van der Waals surface area (Å²) in [6.45, 7) is 1.20. The monoisotopic (exact) mass is 189 g/mol. The van der Waals surface area contributed by atoms with Crippen LogP contribution >= 0.6 is 8.25 Å². The number of rotatable bonds is 3. The smallest absolute Gasteiger partial charge is 0.174 e. The van der Waals surface area contributed by atoms with Crippen LogP contribution in [0.1, 0.15) is 26.7 Å². The summed E-state index contributed by atoms with van der Waals surface area (Å²) in [6, 6.07) is 0. The predicted molar refractivity (Wildman–Crippen MR) is 37.5 cm³/mol. The van der Waals surface area contributed by atoms with Gasteiger partial charge in [-0.15, -0.1) is 4.89 Å². The van der Waals surface area contributed by atoms with E-state index < -0.39 is 14.9 Å². The molecule has 3 nitrogen and oxygen atoms in total. The van der Waals surface area contributed by atoms with Gasteiger partial charge < -0.3 is 0 Å². The summed E-state index contributed by atoms with van der Waals surface area (Å²) in [6.07, 6.45) is 2.64. The van der Waals surface area contributed by atoms with Gasteiger partial charge in [0.25, 0.3) is 0 Å². The topological polar surface area (TPSA) is 46.5 Å². The minimum Gasteiger partial charge on any atom is -0.174 e. The Morgan fingerprint density at radius 1 is 1.45 bits per heavy atom. The summed E-state index contributed by atoms with van der Waals surface area (Å²) in [5.74, 6) is 0. The second-order valence-electron chi connectivity index (χ2n) is 1.60. The molecule has 11 heavy (non-hydrogen) atoms. The quantitative estimate of drug-likeness (QED) is 0.694. The first-order valence-corrected chi connectivity index (χ1v) is 4.28. The molecule has 1 unspecified atom stereocenters. The Bertz CT molecular complexity index is 97.7. The van der Waals surface area contributed by atoms with Crippen molar-refractivity contribution in [3.8, 4) is 0 Å².